The highest BCUT2D eigenvalue weighted by atomic mass is 16.5. The van der Waals surface area contributed by atoms with Crippen molar-refractivity contribution in [3.63, 3.8) is 0 Å². The van der Waals surface area contributed by atoms with E-state index in [2.05, 4.69) is 13.2 Å². The average Bonchev–Trinajstić information content (AvgIpc) is 3.00. The largest absolute Gasteiger partial charge is 0.468 e. The Balaban J connectivity index is 2.38. The average molecular weight is 344 g/mol. The van der Waals surface area contributed by atoms with Crippen LogP contribution >= 0.6 is 0 Å². The molecule has 0 saturated heterocycles. The third kappa shape index (κ3) is 3.66. The van der Waals surface area contributed by atoms with Crippen molar-refractivity contribution in [2.45, 2.75) is 18.9 Å². The van der Waals surface area contributed by atoms with Gasteiger partial charge in [0, 0.05) is 5.92 Å². The highest BCUT2D eigenvalue weighted by Gasteiger charge is 2.56. The first-order chi connectivity index (χ1) is 12.0. The van der Waals surface area contributed by atoms with Crippen molar-refractivity contribution < 1.29 is 23.8 Å². The number of methoxy groups -OCH3 is 2. The third-order valence-corrected chi connectivity index (χ3v) is 4.66. The lowest BCUT2D eigenvalue weighted by atomic mass is 9.83. The molecule has 1 aliphatic carbocycles. The van der Waals surface area contributed by atoms with E-state index in [1.165, 1.54) is 14.2 Å². The lowest BCUT2D eigenvalue weighted by Gasteiger charge is -2.27. The number of benzene rings is 1. The van der Waals surface area contributed by atoms with Gasteiger partial charge >= 0.3 is 11.9 Å². The fourth-order valence-electron chi connectivity index (χ4n) is 3.48. The van der Waals surface area contributed by atoms with Crippen LogP contribution < -0.4 is 0 Å². The maximum Gasteiger partial charge on any atom is 0.323 e. The summed E-state index contributed by atoms with van der Waals surface area (Å²) in [6, 6.07) is 9.68. The first-order valence-electron chi connectivity index (χ1n) is 8.12. The van der Waals surface area contributed by atoms with Gasteiger partial charge in [0.1, 0.15) is 0 Å². The normalized spacial score (nSPS) is 19.9. The molecule has 1 saturated carbocycles. The topological polar surface area (TPSA) is 61.8 Å². The summed E-state index contributed by atoms with van der Waals surface area (Å²) in [6.45, 7) is 8.14. The van der Waals surface area contributed by atoms with E-state index in [0.29, 0.717) is 6.61 Å². The Bertz CT molecular complexity index is 633. The third-order valence-electron chi connectivity index (χ3n) is 4.66. The van der Waals surface area contributed by atoms with Crippen molar-refractivity contribution in [3.8, 4) is 0 Å². The molecule has 0 aliphatic heterocycles. The van der Waals surface area contributed by atoms with Gasteiger partial charge in [-0.15, -0.1) is 6.58 Å². The lowest BCUT2D eigenvalue weighted by molar-refractivity contribution is -0.169. The Morgan fingerprint density at radius 2 is 1.84 bits per heavy atom. The van der Waals surface area contributed by atoms with E-state index in [4.69, 9.17) is 14.2 Å². The monoisotopic (exact) mass is 344 g/mol. The van der Waals surface area contributed by atoms with Crippen molar-refractivity contribution >= 4 is 11.9 Å². The van der Waals surface area contributed by atoms with Crippen molar-refractivity contribution in [1.29, 1.82) is 0 Å². The molecule has 2 atom stereocenters. The zero-order chi connectivity index (χ0) is 18.4. The summed E-state index contributed by atoms with van der Waals surface area (Å²) in [5, 5.41) is 0. The van der Waals surface area contributed by atoms with Crippen LogP contribution in [-0.2, 0) is 23.8 Å². The van der Waals surface area contributed by atoms with Crippen molar-refractivity contribution in [2.75, 3.05) is 20.8 Å². The molecule has 5 nitrogen and oxygen atoms in total. The number of ether oxygens (including phenoxy) is 3. The van der Waals surface area contributed by atoms with E-state index in [0.717, 1.165) is 11.1 Å². The molecule has 134 valence electrons. The SMILES string of the molecule is C=CCO[C@@H](c1ccccc1)[C@H]1CC(C(=O)OC)(C(=O)OC)CC1=C. The van der Waals surface area contributed by atoms with Crippen LogP contribution in [0.4, 0.5) is 0 Å². The molecule has 1 aromatic carbocycles. The van der Waals surface area contributed by atoms with E-state index >= 15 is 0 Å². The molecule has 0 bridgehead atoms. The van der Waals surface area contributed by atoms with Gasteiger partial charge in [-0.05, 0) is 18.4 Å². The lowest BCUT2D eigenvalue weighted by Crippen LogP contribution is -2.39. The maximum atomic E-state index is 12.4. The molecule has 0 amide bonds. The van der Waals surface area contributed by atoms with E-state index in [1.54, 1.807) is 6.08 Å². The molecule has 1 aromatic rings. The summed E-state index contributed by atoms with van der Waals surface area (Å²) in [6.07, 6.45) is 1.77. The highest BCUT2D eigenvalue weighted by Crippen LogP contribution is 2.51. The van der Waals surface area contributed by atoms with Gasteiger partial charge in [-0.2, -0.15) is 0 Å². The Labute approximate surface area is 148 Å². The van der Waals surface area contributed by atoms with Crippen molar-refractivity contribution in [3.05, 3.63) is 60.7 Å². The Morgan fingerprint density at radius 1 is 1.24 bits per heavy atom. The van der Waals surface area contributed by atoms with Crippen LogP contribution in [0.2, 0.25) is 0 Å². The Hall–Kier alpha value is -2.40. The van der Waals surface area contributed by atoms with Crippen LogP contribution in [0.5, 0.6) is 0 Å². The molecule has 0 unspecified atom stereocenters. The smallest absolute Gasteiger partial charge is 0.323 e. The molecular weight excluding hydrogens is 320 g/mol. The van der Waals surface area contributed by atoms with Gasteiger partial charge in [0.15, 0.2) is 5.41 Å². The molecule has 1 fully saturated rings. The Morgan fingerprint density at radius 3 is 2.36 bits per heavy atom. The number of esters is 2. The van der Waals surface area contributed by atoms with E-state index < -0.39 is 17.4 Å². The van der Waals surface area contributed by atoms with Crippen LogP contribution in [-0.4, -0.2) is 32.8 Å². The molecule has 2 rings (SSSR count). The number of carbonyl (C=O) groups is 2. The zero-order valence-electron chi connectivity index (χ0n) is 14.7. The predicted molar refractivity (Wildman–Crippen MR) is 93.7 cm³/mol. The first-order valence-corrected chi connectivity index (χ1v) is 8.12. The fourth-order valence-corrected chi connectivity index (χ4v) is 3.48. The van der Waals surface area contributed by atoms with Crippen LogP contribution in [0, 0.1) is 11.3 Å². The molecule has 0 aromatic heterocycles. The second-order valence-electron chi connectivity index (χ2n) is 6.16. The number of carbonyl (C=O) groups excluding carboxylic acids is 2. The van der Waals surface area contributed by atoms with Gasteiger partial charge in [0.2, 0.25) is 0 Å². The Kier molecular flexibility index (Phi) is 6.15. The summed E-state index contributed by atoms with van der Waals surface area (Å²) in [5.41, 5.74) is 0.366. The molecule has 0 N–H and O–H groups in total. The molecule has 1 aliphatic rings. The van der Waals surface area contributed by atoms with Gasteiger partial charge in [0.25, 0.3) is 0 Å². The first kappa shape index (κ1) is 18.9. The molecule has 25 heavy (non-hydrogen) atoms. The summed E-state index contributed by atoms with van der Waals surface area (Å²) in [4.78, 5) is 24.8. The molecule has 0 radical (unpaired) electrons. The van der Waals surface area contributed by atoms with Crippen LogP contribution in [0.1, 0.15) is 24.5 Å². The standard InChI is InChI=1S/C20H24O5/c1-5-11-25-17(15-9-7-6-8-10-15)16-13-20(12-14(16)2,18(21)23-3)19(22)24-4/h5-10,16-17H,1-2,11-13H2,3-4H3/t16-,17-/m0/s1. The van der Waals surface area contributed by atoms with Crippen LogP contribution in [0.15, 0.2) is 55.1 Å². The van der Waals surface area contributed by atoms with Gasteiger partial charge in [-0.25, -0.2) is 0 Å². The molecule has 0 heterocycles. The van der Waals surface area contributed by atoms with Crippen LogP contribution in [0.3, 0.4) is 0 Å². The van der Waals surface area contributed by atoms with Gasteiger partial charge in [-0.3, -0.25) is 9.59 Å². The van der Waals surface area contributed by atoms with Gasteiger partial charge < -0.3 is 14.2 Å². The zero-order valence-corrected chi connectivity index (χ0v) is 14.7. The van der Waals surface area contributed by atoms with E-state index in [1.807, 2.05) is 30.3 Å². The van der Waals surface area contributed by atoms with Crippen molar-refractivity contribution in [1.82, 2.24) is 0 Å². The molecule has 5 heteroatoms. The summed E-state index contributed by atoms with van der Waals surface area (Å²) in [7, 11) is 2.54. The maximum absolute atomic E-state index is 12.4. The molecule has 0 spiro atoms. The minimum absolute atomic E-state index is 0.192. The number of hydrogen-bond acceptors (Lipinski definition) is 5. The summed E-state index contributed by atoms with van der Waals surface area (Å²) in [5.74, 6) is -1.40. The van der Waals surface area contributed by atoms with Gasteiger partial charge in [-0.1, -0.05) is 48.6 Å². The number of rotatable bonds is 7. The predicted octanol–water partition coefficient (Wildman–Crippen LogP) is 3.23. The minimum atomic E-state index is -1.37. The van der Waals surface area contributed by atoms with E-state index in [-0.39, 0.29) is 24.9 Å². The fraction of sp³-hybridized carbons (Fsp3) is 0.400. The van der Waals surface area contributed by atoms with E-state index in [9.17, 15) is 9.59 Å². The second-order valence-corrected chi connectivity index (χ2v) is 6.16. The number of hydrogen-bond donors (Lipinski definition) is 0. The summed E-state index contributed by atoms with van der Waals surface area (Å²) < 4.78 is 15.7. The van der Waals surface area contributed by atoms with Crippen LogP contribution in [0.25, 0.3) is 0 Å². The highest BCUT2D eigenvalue weighted by molar-refractivity contribution is 6.01. The minimum Gasteiger partial charge on any atom is -0.468 e. The van der Waals surface area contributed by atoms with Crippen molar-refractivity contribution in [2.24, 2.45) is 11.3 Å². The quantitative estimate of drug-likeness (QED) is 0.432. The van der Waals surface area contributed by atoms with Gasteiger partial charge in [0.05, 0.1) is 26.9 Å². The summed E-state index contributed by atoms with van der Waals surface area (Å²) >= 11 is 0. The second kappa shape index (κ2) is 8.12. The molecular formula is C20H24O5.